The summed E-state index contributed by atoms with van der Waals surface area (Å²) in [6, 6.07) is 0. The molecule has 0 aromatic carbocycles. The SMILES string of the molecule is C=CC(C)(CCOCC(F)(F)F)CNCCOC. The Morgan fingerprint density at radius 2 is 1.94 bits per heavy atom. The Bertz CT molecular complexity index is 234. The van der Waals surface area contributed by atoms with E-state index in [1.54, 1.807) is 13.2 Å². The van der Waals surface area contributed by atoms with E-state index < -0.39 is 12.8 Å². The van der Waals surface area contributed by atoms with Gasteiger partial charge in [-0.1, -0.05) is 13.0 Å². The van der Waals surface area contributed by atoms with Crippen LogP contribution in [0.5, 0.6) is 0 Å². The molecule has 18 heavy (non-hydrogen) atoms. The van der Waals surface area contributed by atoms with E-state index in [0.717, 1.165) is 0 Å². The van der Waals surface area contributed by atoms with Crippen molar-refractivity contribution < 1.29 is 22.6 Å². The van der Waals surface area contributed by atoms with Crippen molar-refractivity contribution in [1.82, 2.24) is 5.32 Å². The van der Waals surface area contributed by atoms with Gasteiger partial charge >= 0.3 is 6.18 Å². The van der Waals surface area contributed by atoms with Gasteiger partial charge in [0.05, 0.1) is 6.61 Å². The van der Waals surface area contributed by atoms with Crippen LogP contribution in [0.2, 0.25) is 0 Å². The van der Waals surface area contributed by atoms with E-state index in [4.69, 9.17) is 4.74 Å². The van der Waals surface area contributed by atoms with Crippen LogP contribution in [0.3, 0.4) is 0 Å². The van der Waals surface area contributed by atoms with Crippen molar-refractivity contribution in [2.24, 2.45) is 5.41 Å². The molecule has 0 aromatic heterocycles. The van der Waals surface area contributed by atoms with Crippen LogP contribution in [0, 0.1) is 5.41 Å². The van der Waals surface area contributed by atoms with Gasteiger partial charge in [0, 0.05) is 26.8 Å². The van der Waals surface area contributed by atoms with E-state index in [2.05, 4.69) is 16.6 Å². The molecule has 0 amide bonds. The van der Waals surface area contributed by atoms with Crippen LogP contribution in [0.15, 0.2) is 12.7 Å². The van der Waals surface area contributed by atoms with E-state index in [0.29, 0.717) is 26.1 Å². The summed E-state index contributed by atoms with van der Waals surface area (Å²) in [6.07, 6.45) is -2.03. The van der Waals surface area contributed by atoms with Crippen LogP contribution in [0.4, 0.5) is 13.2 Å². The zero-order valence-electron chi connectivity index (χ0n) is 11.0. The summed E-state index contributed by atoms with van der Waals surface area (Å²) >= 11 is 0. The lowest BCUT2D eigenvalue weighted by atomic mass is 9.87. The van der Waals surface area contributed by atoms with Crippen LogP contribution >= 0.6 is 0 Å². The fourth-order valence-corrected chi connectivity index (χ4v) is 1.30. The van der Waals surface area contributed by atoms with Gasteiger partial charge in [0.1, 0.15) is 6.61 Å². The van der Waals surface area contributed by atoms with Gasteiger partial charge in [-0.25, -0.2) is 0 Å². The van der Waals surface area contributed by atoms with Crippen LogP contribution in [0.1, 0.15) is 13.3 Å². The van der Waals surface area contributed by atoms with Crippen molar-refractivity contribution in [1.29, 1.82) is 0 Å². The Kier molecular flexibility index (Phi) is 8.22. The predicted molar refractivity (Wildman–Crippen MR) is 64.5 cm³/mol. The minimum Gasteiger partial charge on any atom is -0.383 e. The van der Waals surface area contributed by atoms with Gasteiger partial charge in [0.15, 0.2) is 0 Å². The van der Waals surface area contributed by atoms with E-state index >= 15 is 0 Å². The Balaban J connectivity index is 3.82. The van der Waals surface area contributed by atoms with Gasteiger partial charge < -0.3 is 14.8 Å². The summed E-state index contributed by atoms with van der Waals surface area (Å²) < 4.78 is 45.1. The van der Waals surface area contributed by atoms with Gasteiger partial charge in [0.2, 0.25) is 0 Å². The average molecular weight is 269 g/mol. The van der Waals surface area contributed by atoms with Crippen LogP contribution in [-0.4, -0.2) is 46.2 Å². The first-order valence-corrected chi connectivity index (χ1v) is 5.81. The van der Waals surface area contributed by atoms with E-state index in [1.165, 1.54) is 0 Å². The van der Waals surface area contributed by atoms with Crippen molar-refractivity contribution in [2.45, 2.75) is 19.5 Å². The molecule has 1 unspecified atom stereocenters. The minimum atomic E-state index is -4.26. The molecule has 0 radical (unpaired) electrons. The van der Waals surface area contributed by atoms with Crippen LogP contribution in [0.25, 0.3) is 0 Å². The fourth-order valence-electron chi connectivity index (χ4n) is 1.30. The number of hydrogen-bond acceptors (Lipinski definition) is 3. The summed E-state index contributed by atoms with van der Waals surface area (Å²) in [5, 5.41) is 3.16. The summed E-state index contributed by atoms with van der Waals surface area (Å²) in [4.78, 5) is 0. The van der Waals surface area contributed by atoms with Gasteiger partial charge in [0.25, 0.3) is 0 Å². The van der Waals surface area contributed by atoms with Crippen molar-refractivity contribution in [3.8, 4) is 0 Å². The molecule has 6 heteroatoms. The first-order chi connectivity index (χ1) is 8.33. The molecule has 0 aliphatic carbocycles. The summed E-state index contributed by atoms with van der Waals surface area (Å²) in [7, 11) is 1.61. The average Bonchev–Trinajstić information content (AvgIpc) is 2.29. The highest BCUT2D eigenvalue weighted by Gasteiger charge is 2.28. The molecular formula is C12H22F3NO2. The Morgan fingerprint density at radius 1 is 1.28 bits per heavy atom. The molecular weight excluding hydrogens is 247 g/mol. The molecule has 0 fully saturated rings. The van der Waals surface area contributed by atoms with E-state index in [1.807, 2.05) is 6.92 Å². The molecule has 0 aromatic rings. The predicted octanol–water partition coefficient (Wildman–Crippen LogP) is 2.38. The quantitative estimate of drug-likeness (QED) is 0.488. The first-order valence-electron chi connectivity index (χ1n) is 5.81. The smallest absolute Gasteiger partial charge is 0.383 e. The molecule has 0 spiro atoms. The standard InChI is InChI=1S/C12H22F3NO2/c1-4-11(2,9-16-6-8-17-3)5-7-18-10-12(13,14)15/h4,16H,1,5-10H2,2-3H3. The maximum Gasteiger partial charge on any atom is 0.411 e. The zero-order valence-corrected chi connectivity index (χ0v) is 11.0. The second-order valence-corrected chi connectivity index (χ2v) is 4.45. The molecule has 0 aliphatic rings. The second-order valence-electron chi connectivity index (χ2n) is 4.45. The highest BCUT2D eigenvalue weighted by atomic mass is 19.4. The van der Waals surface area contributed by atoms with Crippen molar-refractivity contribution >= 4 is 0 Å². The second kappa shape index (κ2) is 8.50. The summed E-state index contributed by atoms with van der Waals surface area (Å²) in [6.45, 7) is 6.43. The number of methoxy groups -OCH3 is 1. The molecule has 0 bridgehead atoms. The lowest BCUT2D eigenvalue weighted by Gasteiger charge is -2.26. The van der Waals surface area contributed by atoms with Gasteiger partial charge in [-0.2, -0.15) is 13.2 Å². The molecule has 0 saturated carbocycles. The van der Waals surface area contributed by atoms with Crippen molar-refractivity contribution in [2.75, 3.05) is 40.0 Å². The number of hydrogen-bond donors (Lipinski definition) is 1. The molecule has 0 saturated heterocycles. The number of ether oxygens (including phenoxy) is 2. The lowest BCUT2D eigenvalue weighted by molar-refractivity contribution is -0.175. The van der Waals surface area contributed by atoms with E-state index in [-0.39, 0.29) is 12.0 Å². The third-order valence-electron chi connectivity index (χ3n) is 2.59. The third-order valence-corrected chi connectivity index (χ3v) is 2.59. The number of halogens is 3. The molecule has 0 aliphatic heterocycles. The zero-order chi connectivity index (χ0) is 14.1. The lowest BCUT2D eigenvalue weighted by Crippen LogP contribution is -2.33. The normalized spacial score (nSPS) is 15.4. The third kappa shape index (κ3) is 9.44. The van der Waals surface area contributed by atoms with Gasteiger partial charge in [-0.15, -0.1) is 6.58 Å². The topological polar surface area (TPSA) is 30.5 Å². The molecule has 108 valence electrons. The summed E-state index contributed by atoms with van der Waals surface area (Å²) in [5.41, 5.74) is -0.278. The molecule has 3 nitrogen and oxygen atoms in total. The minimum absolute atomic E-state index is 0.0635. The molecule has 1 atom stereocenters. The number of nitrogens with one attached hydrogen (secondary N) is 1. The highest BCUT2D eigenvalue weighted by molar-refractivity contribution is 4.92. The van der Waals surface area contributed by atoms with Crippen LogP contribution < -0.4 is 5.32 Å². The fraction of sp³-hybridized carbons (Fsp3) is 0.833. The number of rotatable bonds is 10. The van der Waals surface area contributed by atoms with E-state index in [9.17, 15) is 13.2 Å². The van der Waals surface area contributed by atoms with Crippen LogP contribution in [-0.2, 0) is 9.47 Å². The molecule has 0 heterocycles. The molecule has 1 N–H and O–H groups in total. The largest absolute Gasteiger partial charge is 0.411 e. The van der Waals surface area contributed by atoms with Gasteiger partial charge in [-0.05, 0) is 11.8 Å². The monoisotopic (exact) mass is 269 g/mol. The van der Waals surface area contributed by atoms with Crippen molar-refractivity contribution in [3.63, 3.8) is 0 Å². The maximum atomic E-state index is 11.9. The first kappa shape index (κ1) is 17.4. The Labute approximate surface area is 106 Å². The Morgan fingerprint density at radius 3 is 2.44 bits per heavy atom. The number of alkyl halides is 3. The summed E-state index contributed by atoms with van der Waals surface area (Å²) in [5.74, 6) is 0. The molecule has 0 rings (SSSR count). The Hall–Kier alpha value is -0.590. The maximum absolute atomic E-state index is 11.9. The van der Waals surface area contributed by atoms with Crippen molar-refractivity contribution in [3.05, 3.63) is 12.7 Å². The van der Waals surface area contributed by atoms with Gasteiger partial charge in [-0.3, -0.25) is 0 Å². The highest BCUT2D eigenvalue weighted by Crippen LogP contribution is 2.22.